The summed E-state index contributed by atoms with van der Waals surface area (Å²) in [4.78, 5) is 13.3. The second-order valence-corrected chi connectivity index (χ2v) is 3.64. The molecule has 0 radical (unpaired) electrons. The predicted octanol–water partition coefficient (Wildman–Crippen LogP) is -1.01. The molecule has 80 valence electrons. The molecule has 1 N–H and O–H groups in total. The highest BCUT2D eigenvalue weighted by Gasteiger charge is 2.35. The van der Waals surface area contributed by atoms with E-state index in [0.29, 0.717) is 19.8 Å². The zero-order valence-electron chi connectivity index (χ0n) is 8.02. The Morgan fingerprint density at radius 2 is 2.36 bits per heavy atom. The second kappa shape index (κ2) is 4.25. The smallest absolute Gasteiger partial charge is 0.323 e. The van der Waals surface area contributed by atoms with Crippen molar-refractivity contribution in [3.8, 4) is 0 Å². The van der Waals surface area contributed by atoms with Crippen molar-refractivity contribution in [3.63, 3.8) is 0 Å². The molecule has 2 aliphatic rings. The molecule has 2 heterocycles. The Bertz CT molecular complexity index is 221. The van der Waals surface area contributed by atoms with E-state index in [0.717, 1.165) is 13.0 Å². The molecule has 0 saturated carbocycles. The molecule has 2 fully saturated rings. The van der Waals surface area contributed by atoms with Gasteiger partial charge in [0.25, 0.3) is 0 Å². The first kappa shape index (κ1) is 9.89. The van der Waals surface area contributed by atoms with E-state index in [1.165, 1.54) is 0 Å². The van der Waals surface area contributed by atoms with Gasteiger partial charge in [-0.05, 0) is 0 Å². The number of hydrogen-bond donors (Lipinski definition) is 1. The van der Waals surface area contributed by atoms with Gasteiger partial charge in [0.1, 0.15) is 6.04 Å². The number of esters is 1. The van der Waals surface area contributed by atoms with Gasteiger partial charge in [-0.1, -0.05) is 0 Å². The summed E-state index contributed by atoms with van der Waals surface area (Å²) in [5, 5.41) is 8.95. The fourth-order valence-corrected chi connectivity index (χ4v) is 1.95. The van der Waals surface area contributed by atoms with Crippen molar-refractivity contribution in [1.82, 2.24) is 4.90 Å². The van der Waals surface area contributed by atoms with Crippen LogP contribution in [0.3, 0.4) is 0 Å². The van der Waals surface area contributed by atoms with E-state index in [9.17, 15) is 4.79 Å². The highest BCUT2D eigenvalue weighted by atomic mass is 16.5. The zero-order chi connectivity index (χ0) is 9.97. The van der Waals surface area contributed by atoms with Crippen molar-refractivity contribution in [2.24, 2.45) is 0 Å². The lowest BCUT2D eigenvalue weighted by atomic mass is 10.1. The van der Waals surface area contributed by atoms with Gasteiger partial charge in [0.15, 0.2) is 0 Å². The van der Waals surface area contributed by atoms with Crippen LogP contribution in [-0.2, 0) is 14.3 Å². The summed E-state index contributed by atoms with van der Waals surface area (Å²) in [5.74, 6) is -0.136. The maximum absolute atomic E-state index is 11.3. The van der Waals surface area contributed by atoms with Gasteiger partial charge in [-0.25, -0.2) is 0 Å². The molecule has 0 aliphatic carbocycles. The predicted molar refractivity (Wildman–Crippen MR) is 47.8 cm³/mol. The van der Waals surface area contributed by atoms with Crippen LogP contribution in [0.1, 0.15) is 6.42 Å². The highest BCUT2D eigenvalue weighted by molar-refractivity contribution is 5.77. The Morgan fingerprint density at radius 1 is 1.50 bits per heavy atom. The summed E-state index contributed by atoms with van der Waals surface area (Å²) < 4.78 is 10.2. The molecule has 5 nitrogen and oxygen atoms in total. The standard InChI is InChI=1S/C9H15NO4/c11-6-7-5-10(2-4-13-7)8-1-3-14-9(8)12/h7-8,11H,1-6H2. The van der Waals surface area contributed by atoms with Crippen LogP contribution in [0.2, 0.25) is 0 Å². The molecule has 5 heteroatoms. The second-order valence-electron chi connectivity index (χ2n) is 3.64. The first-order valence-corrected chi connectivity index (χ1v) is 4.94. The van der Waals surface area contributed by atoms with Crippen LogP contribution in [-0.4, -0.2) is 61.0 Å². The fraction of sp³-hybridized carbons (Fsp3) is 0.889. The number of carbonyl (C=O) groups is 1. The Kier molecular flexibility index (Phi) is 3.00. The monoisotopic (exact) mass is 201 g/mol. The quantitative estimate of drug-likeness (QED) is 0.580. The van der Waals surface area contributed by atoms with Crippen LogP contribution in [0.25, 0.3) is 0 Å². The van der Waals surface area contributed by atoms with Crippen LogP contribution >= 0.6 is 0 Å². The maximum atomic E-state index is 11.3. The summed E-state index contributed by atoms with van der Waals surface area (Å²) >= 11 is 0. The van der Waals surface area contributed by atoms with Crippen molar-refractivity contribution in [2.75, 3.05) is 32.9 Å². The van der Waals surface area contributed by atoms with Crippen molar-refractivity contribution in [1.29, 1.82) is 0 Å². The van der Waals surface area contributed by atoms with E-state index < -0.39 is 0 Å². The Morgan fingerprint density at radius 3 is 3.00 bits per heavy atom. The van der Waals surface area contributed by atoms with Gasteiger partial charge in [0.05, 0.1) is 25.9 Å². The largest absolute Gasteiger partial charge is 0.464 e. The van der Waals surface area contributed by atoms with E-state index >= 15 is 0 Å². The Balaban J connectivity index is 1.93. The van der Waals surface area contributed by atoms with Crippen molar-refractivity contribution >= 4 is 5.97 Å². The molecule has 0 amide bonds. The number of ether oxygens (including phenoxy) is 2. The molecule has 0 aromatic rings. The lowest BCUT2D eigenvalue weighted by molar-refractivity contribution is -0.145. The minimum absolute atomic E-state index is 0.0122. The Hall–Kier alpha value is -0.650. The number of morpholine rings is 1. The molecule has 0 spiro atoms. The third-order valence-electron chi connectivity index (χ3n) is 2.72. The topological polar surface area (TPSA) is 59.0 Å². The lowest BCUT2D eigenvalue weighted by Crippen LogP contribution is -2.50. The number of hydrogen-bond acceptors (Lipinski definition) is 5. The number of cyclic esters (lactones) is 1. The number of aliphatic hydroxyl groups excluding tert-OH is 1. The van der Waals surface area contributed by atoms with Gasteiger partial charge in [0, 0.05) is 19.5 Å². The van der Waals surface area contributed by atoms with Crippen LogP contribution < -0.4 is 0 Å². The lowest BCUT2D eigenvalue weighted by Gasteiger charge is -2.34. The van der Waals surface area contributed by atoms with Crippen molar-refractivity contribution in [3.05, 3.63) is 0 Å². The van der Waals surface area contributed by atoms with Gasteiger partial charge in [-0.3, -0.25) is 9.69 Å². The maximum Gasteiger partial charge on any atom is 0.323 e. The minimum atomic E-state index is -0.155. The molecule has 2 aliphatic heterocycles. The molecular formula is C9H15NO4. The van der Waals surface area contributed by atoms with E-state index in [1.54, 1.807) is 0 Å². The number of rotatable bonds is 2. The molecule has 2 rings (SSSR count). The average molecular weight is 201 g/mol. The molecule has 0 aromatic carbocycles. The Labute approximate surface area is 82.6 Å². The number of carbonyl (C=O) groups excluding carboxylic acids is 1. The summed E-state index contributed by atoms with van der Waals surface area (Å²) in [6.07, 6.45) is 0.605. The summed E-state index contributed by atoms with van der Waals surface area (Å²) in [7, 11) is 0. The average Bonchev–Trinajstić information content (AvgIpc) is 2.65. The van der Waals surface area contributed by atoms with E-state index in [-0.39, 0.29) is 24.7 Å². The zero-order valence-corrected chi connectivity index (χ0v) is 8.02. The summed E-state index contributed by atoms with van der Waals surface area (Å²) in [5.41, 5.74) is 0. The third-order valence-corrected chi connectivity index (χ3v) is 2.72. The normalized spacial score (nSPS) is 34.5. The van der Waals surface area contributed by atoms with E-state index in [1.807, 2.05) is 4.90 Å². The van der Waals surface area contributed by atoms with Gasteiger partial charge in [-0.2, -0.15) is 0 Å². The van der Waals surface area contributed by atoms with Crippen LogP contribution in [0, 0.1) is 0 Å². The fourth-order valence-electron chi connectivity index (χ4n) is 1.95. The number of nitrogens with zero attached hydrogens (tertiary/aromatic N) is 1. The van der Waals surface area contributed by atoms with Gasteiger partial charge in [0.2, 0.25) is 0 Å². The molecular weight excluding hydrogens is 186 g/mol. The summed E-state index contributed by atoms with van der Waals surface area (Å²) in [6.45, 7) is 2.48. The molecule has 14 heavy (non-hydrogen) atoms. The van der Waals surface area contributed by atoms with E-state index in [2.05, 4.69) is 0 Å². The van der Waals surface area contributed by atoms with Gasteiger partial charge in [-0.15, -0.1) is 0 Å². The van der Waals surface area contributed by atoms with Crippen LogP contribution in [0.5, 0.6) is 0 Å². The molecule has 0 aromatic heterocycles. The molecule has 0 bridgehead atoms. The van der Waals surface area contributed by atoms with Gasteiger partial charge >= 0.3 is 5.97 Å². The van der Waals surface area contributed by atoms with E-state index in [4.69, 9.17) is 14.6 Å². The number of aliphatic hydroxyl groups is 1. The van der Waals surface area contributed by atoms with Crippen molar-refractivity contribution in [2.45, 2.75) is 18.6 Å². The first-order chi connectivity index (χ1) is 6.81. The van der Waals surface area contributed by atoms with Gasteiger partial charge < -0.3 is 14.6 Å². The summed E-state index contributed by atoms with van der Waals surface area (Å²) in [6, 6.07) is -0.118. The van der Waals surface area contributed by atoms with Crippen LogP contribution in [0.4, 0.5) is 0 Å². The molecule has 2 unspecified atom stereocenters. The van der Waals surface area contributed by atoms with Crippen molar-refractivity contribution < 1.29 is 19.4 Å². The molecule has 2 atom stereocenters. The highest BCUT2D eigenvalue weighted by Crippen LogP contribution is 2.17. The first-order valence-electron chi connectivity index (χ1n) is 4.94. The molecule has 2 saturated heterocycles. The minimum Gasteiger partial charge on any atom is -0.464 e. The third kappa shape index (κ3) is 1.89. The van der Waals surface area contributed by atoms with Crippen LogP contribution in [0.15, 0.2) is 0 Å². The SMILES string of the molecule is O=C1OCCC1N1CCOC(CO)C1.